The highest BCUT2D eigenvalue weighted by atomic mass is 16.5. The molecule has 0 spiro atoms. The molecule has 1 aliphatic rings. The number of oxazole rings is 1. The Balaban J connectivity index is 2.06. The van der Waals surface area contributed by atoms with Crippen molar-refractivity contribution in [3.63, 3.8) is 0 Å². The molecule has 0 aliphatic carbocycles. The molecule has 1 atom stereocenters. The van der Waals surface area contributed by atoms with Crippen molar-refractivity contribution >= 4 is 16.9 Å². The normalized spacial score (nSPS) is 23.1. The lowest BCUT2D eigenvalue weighted by Gasteiger charge is -2.21. The van der Waals surface area contributed by atoms with Gasteiger partial charge in [0, 0.05) is 19.2 Å². The van der Waals surface area contributed by atoms with Gasteiger partial charge < -0.3 is 9.15 Å². The average molecular weight is 261 g/mol. The zero-order valence-electron chi connectivity index (χ0n) is 10.9. The van der Waals surface area contributed by atoms with Crippen LogP contribution in [0.1, 0.15) is 30.1 Å². The summed E-state index contributed by atoms with van der Waals surface area (Å²) in [4.78, 5) is 23.9. The molecule has 3 rings (SSSR count). The van der Waals surface area contributed by atoms with Gasteiger partial charge in [-0.2, -0.15) is 0 Å². The van der Waals surface area contributed by atoms with Crippen LogP contribution in [-0.4, -0.2) is 22.6 Å². The number of aromatic nitrogens is 1. The molecule has 0 saturated carbocycles. The summed E-state index contributed by atoms with van der Waals surface area (Å²) in [6.07, 6.45) is 1.62. The fraction of sp³-hybridized carbons (Fsp3) is 0.429. The van der Waals surface area contributed by atoms with Crippen molar-refractivity contribution in [3.8, 4) is 0 Å². The van der Waals surface area contributed by atoms with Gasteiger partial charge in [0.25, 0.3) is 0 Å². The smallest absolute Gasteiger partial charge is 0.408 e. The number of carbonyl (C=O) groups is 1. The molecule has 1 aromatic carbocycles. The summed E-state index contributed by atoms with van der Waals surface area (Å²) in [5.41, 5.74) is 0.883. The molecule has 0 radical (unpaired) electrons. The van der Waals surface area contributed by atoms with E-state index in [1.165, 1.54) is 4.57 Å². The number of rotatable bonds is 2. The highest BCUT2D eigenvalue weighted by molar-refractivity contribution is 6.04. The molecule has 5 nitrogen and oxygen atoms in total. The van der Waals surface area contributed by atoms with E-state index < -0.39 is 11.4 Å². The van der Waals surface area contributed by atoms with Crippen molar-refractivity contribution in [2.75, 3.05) is 6.61 Å². The third-order valence-electron chi connectivity index (χ3n) is 3.75. The number of fused-ring (bicyclic) bond motifs is 1. The quantitative estimate of drug-likeness (QED) is 0.774. The minimum absolute atomic E-state index is 0.0570. The van der Waals surface area contributed by atoms with Crippen LogP contribution in [-0.2, 0) is 11.8 Å². The molecule has 0 N–H and O–H groups in total. The second-order valence-electron chi connectivity index (χ2n) is 5.12. The molecule has 1 aromatic heterocycles. The van der Waals surface area contributed by atoms with E-state index >= 15 is 0 Å². The van der Waals surface area contributed by atoms with Gasteiger partial charge in [0.05, 0.1) is 5.52 Å². The molecule has 100 valence electrons. The summed E-state index contributed by atoms with van der Waals surface area (Å²) in [7, 11) is 1.64. The van der Waals surface area contributed by atoms with Gasteiger partial charge in [-0.3, -0.25) is 9.36 Å². The van der Waals surface area contributed by atoms with Gasteiger partial charge in [-0.25, -0.2) is 4.79 Å². The van der Waals surface area contributed by atoms with Gasteiger partial charge in [0.15, 0.2) is 11.4 Å². The van der Waals surface area contributed by atoms with Crippen LogP contribution in [0.5, 0.6) is 0 Å². The summed E-state index contributed by atoms with van der Waals surface area (Å²) >= 11 is 0. The number of ketones is 1. The van der Waals surface area contributed by atoms with Crippen LogP contribution < -0.4 is 5.76 Å². The molecule has 1 fully saturated rings. The fourth-order valence-corrected chi connectivity index (χ4v) is 2.54. The third kappa shape index (κ3) is 1.81. The Hall–Kier alpha value is -1.88. The second-order valence-corrected chi connectivity index (χ2v) is 5.12. The van der Waals surface area contributed by atoms with Crippen molar-refractivity contribution in [3.05, 3.63) is 34.3 Å². The Morgan fingerprint density at radius 2 is 2.21 bits per heavy atom. The third-order valence-corrected chi connectivity index (χ3v) is 3.75. The lowest BCUT2D eigenvalue weighted by Crippen LogP contribution is -2.34. The first-order valence-corrected chi connectivity index (χ1v) is 6.30. The molecular formula is C14H15NO4. The number of carbonyl (C=O) groups excluding carboxylic acids is 1. The SMILES string of the molecule is Cn1c(=O)oc2cc(C(=O)C3(C)CCCO3)ccc21. The highest BCUT2D eigenvalue weighted by Gasteiger charge is 2.38. The van der Waals surface area contributed by atoms with Crippen molar-refractivity contribution in [1.29, 1.82) is 0 Å². The summed E-state index contributed by atoms with van der Waals surface area (Å²) in [6.45, 7) is 2.43. The maximum absolute atomic E-state index is 12.5. The van der Waals surface area contributed by atoms with E-state index in [0.717, 1.165) is 12.8 Å². The van der Waals surface area contributed by atoms with Crippen molar-refractivity contribution in [2.45, 2.75) is 25.4 Å². The second kappa shape index (κ2) is 4.06. The summed E-state index contributed by atoms with van der Waals surface area (Å²) in [6, 6.07) is 5.06. The van der Waals surface area contributed by atoms with Crippen LogP contribution >= 0.6 is 0 Å². The van der Waals surface area contributed by atoms with Crippen LogP contribution in [0.2, 0.25) is 0 Å². The number of benzene rings is 1. The minimum Gasteiger partial charge on any atom is -0.408 e. The first kappa shape index (κ1) is 12.2. The van der Waals surface area contributed by atoms with Gasteiger partial charge in [0.2, 0.25) is 0 Å². The Morgan fingerprint density at radius 1 is 1.42 bits per heavy atom. The van der Waals surface area contributed by atoms with Crippen LogP contribution in [0.4, 0.5) is 0 Å². The zero-order chi connectivity index (χ0) is 13.6. The Kier molecular flexibility index (Phi) is 2.60. The maximum Gasteiger partial charge on any atom is 0.419 e. The predicted molar refractivity (Wildman–Crippen MR) is 69.4 cm³/mol. The van der Waals surface area contributed by atoms with Crippen molar-refractivity contribution in [2.24, 2.45) is 7.05 Å². The van der Waals surface area contributed by atoms with Gasteiger partial charge in [0.1, 0.15) is 5.60 Å². The largest absolute Gasteiger partial charge is 0.419 e. The molecule has 19 heavy (non-hydrogen) atoms. The lowest BCUT2D eigenvalue weighted by molar-refractivity contribution is 0.0213. The maximum atomic E-state index is 12.5. The standard InChI is InChI=1S/C14H15NO4/c1-14(6-3-7-18-14)12(16)9-4-5-10-11(8-9)19-13(17)15(10)2/h4-5,8H,3,6-7H2,1-2H3. The fourth-order valence-electron chi connectivity index (χ4n) is 2.54. The topological polar surface area (TPSA) is 61.4 Å². The zero-order valence-corrected chi connectivity index (χ0v) is 10.9. The number of nitrogens with zero attached hydrogens (tertiary/aromatic N) is 1. The van der Waals surface area contributed by atoms with Crippen LogP contribution in [0.3, 0.4) is 0 Å². The van der Waals surface area contributed by atoms with E-state index in [1.807, 2.05) is 6.92 Å². The predicted octanol–water partition coefficient (Wildman–Crippen LogP) is 1.88. The summed E-state index contributed by atoms with van der Waals surface area (Å²) < 4.78 is 12.1. The first-order valence-electron chi connectivity index (χ1n) is 6.30. The van der Waals surface area contributed by atoms with E-state index in [4.69, 9.17) is 9.15 Å². The van der Waals surface area contributed by atoms with Crippen LogP contribution in [0.25, 0.3) is 11.1 Å². The molecular weight excluding hydrogens is 246 g/mol. The van der Waals surface area contributed by atoms with Crippen LogP contribution in [0.15, 0.2) is 27.4 Å². The Morgan fingerprint density at radius 3 is 2.89 bits per heavy atom. The number of Topliss-reactive ketones (excluding diaryl/α,β-unsaturated/α-hetero) is 1. The lowest BCUT2D eigenvalue weighted by atomic mass is 9.92. The van der Waals surface area contributed by atoms with Crippen LogP contribution in [0, 0.1) is 0 Å². The van der Waals surface area contributed by atoms with Gasteiger partial charge in [-0.05, 0) is 38.0 Å². The molecule has 0 amide bonds. The van der Waals surface area contributed by atoms with Gasteiger partial charge in [-0.1, -0.05) is 0 Å². The van der Waals surface area contributed by atoms with E-state index in [2.05, 4.69) is 0 Å². The summed E-state index contributed by atoms with van der Waals surface area (Å²) in [5, 5.41) is 0. The molecule has 0 bridgehead atoms. The van der Waals surface area contributed by atoms with E-state index in [1.54, 1.807) is 25.2 Å². The van der Waals surface area contributed by atoms with Gasteiger partial charge >= 0.3 is 5.76 Å². The van der Waals surface area contributed by atoms with E-state index in [-0.39, 0.29) is 5.78 Å². The first-order chi connectivity index (χ1) is 9.01. The average Bonchev–Trinajstić information content (AvgIpc) is 2.95. The number of aryl methyl sites for hydroxylation is 1. The molecule has 5 heteroatoms. The molecule has 2 aromatic rings. The minimum atomic E-state index is -0.747. The van der Waals surface area contributed by atoms with Crippen molar-refractivity contribution in [1.82, 2.24) is 4.57 Å². The number of ether oxygens (including phenoxy) is 1. The summed E-state index contributed by atoms with van der Waals surface area (Å²) in [5.74, 6) is -0.485. The van der Waals surface area contributed by atoms with Gasteiger partial charge in [-0.15, -0.1) is 0 Å². The Labute approximate surface area is 109 Å². The monoisotopic (exact) mass is 261 g/mol. The molecule has 1 unspecified atom stereocenters. The highest BCUT2D eigenvalue weighted by Crippen LogP contribution is 2.29. The molecule has 1 aliphatic heterocycles. The van der Waals surface area contributed by atoms with Crippen molar-refractivity contribution < 1.29 is 13.9 Å². The van der Waals surface area contributed by atoms with E-state index in [0.29, 0.717) is 23.3 Å². The molecule has 2 heterocycles. The Bertz CT molecular complexity index is 704. The number of hydrogen-bond donors (Lipinski definition) is 0. The molecule has 1 saturated heterocycles. The van der Waals surface area contributed by atoms with E-state index in [9.17, 15) is 9.59 Å². The number of hydrogen-bond acceptors (Lipinski definition) is 4.